The zero-order valence-electron chi connectivity index (χ0n) is 10.7. The maximum atomic E-state index is 6.21. The van der Waals surface area contributed by atoms with Crippen LogP contribution in [0.3, 0.4) is 0 Å². The molecule has 0 fully saturated rings. The van der Waals surface area contributed by atoms with Crippen LogP contribution in [0.5, 0.6) is 0 Å². The Bertz CT molecular complexity index is 694. The van der Waals surface area contributed by atoms with Crippen LogP contribution in [0.25, 0.3) is 10.7 Å². The number of rotatable bonds is 4. The lowest BCUT2D eigenvalue weighted by molar-refractivity contribution is 0.960. The monoisotopic (exact) mass is 321 g/mol. The summed E-state index contributed by atoms with van der Waals surface area (Å²) in [5, 5.41) is 11.0. The topological polar surface area (TPSA) is 41.6 Å². The number of benzene rings is 1. The van der Waals surface area contributed by atoms with Gasteiger partial charge in [0, 0.05) is 10.3 Å². The Balaban J connectivity index is 1.77. The van der Waals surface area contributed by atoms with Crippen molar-refractivity contribution >= 4 is 34.7 Å². The summed E-state index contributed by atoms with van der Waals surface area (Å²) in [5.74, 6) is 0.814. The molecule has 1 N–H and O–H groups in total. The summed E-state index contributed by atoms with van der Waals surface area (Å²) in [7, 11) is 0. The molecule has 1 atom stereocenters. The summed E-state index contributed by atoms with van der Waals surface area (Å²) in [4.78, 5) is 5.60. The van der Waals surface area contributed by atoms with Crippen molar-refractivity contribution in [1.82, 2.24) is 15.2 Å². The van der Waals surface area contributed by atoms with E-state index in [2.05, 4.69) is 22.1 Å². The van der Waals surface area contributed by atoms with Gasteiger partial charge in [-0.25, -0.2) is 4.98 Å². The van der Waals surface area contributed by atoms with Gasteiger partial charge in [0.15, 0.2) is 5.82 Å². The van der Waals surface area contributed by atoms with Gasteiger partial charge in [-0.3, -0.25) is 5.10 Å². The molecule has 2 aromatic heterocycles. The number of thiophene rings is 1. The Morgan fingerprint density at radius 2 is 2.10 bits per heavy atom. The molecule has 3 rings (SSSR count). The standard InChI is InChI=1S/C14H12ClN3S2/c1-9(10-5-2-3-6-11(10)15)20-14-16-13(17-18-14)12-7-4-8-19-12/h2-9H,1H3,(H,16,17,18). The van der Waals surface area contributed by atoms with E-state index in [0.29, 0.717) is 0 Å². The van der Waals surface area contributed by atoms with E-state index in [1.807, 2.05) is 41.8 Å². The first-order valence-corrected chi connectivity index (χ1v) is 8.25. The summed E-state index contributed by atoms with van der Waals surface area (Å²) in [5.41, 5.74) is 1.10. The lowest BCUT2D eigenvalue weighted by Gasteiger charge is -2.10. The van der Waals surface area contributed by atoms with E-state index in [9.17, 15) is 0 Å². The quantitative estimate of drug-likeness (QED) is 0.684. The lowest BCUT2D eigenvalue weighted by Crippen LogP contribution is -1.90. The van der Waals surface area contributed by atoms with Crippen molar-refractivity contribution in [3.8, 4) is 10.7 Å². The molecule has 3 nitrogen and oxygen atoms in total. The average molecular weight is 322 g/mol. The SMILES string of the molecule is CC(Sc1n[nH]c(-c2cccs2)n1)c1ccccc1Cl. The van der Waals surface area contributed by atoms with Crippen molar-refractivity contribution in [3.63, 3.8) is 0 Å². The molecule has 0 aliphatic carbocycles. The van der Waals surface area contributed by atoms with Crippen molar-refractivity contribution < 1.29 is 0 Å². The third-order valence-corrected chi connectivity index (χ3v) is 5.07. The van der Waals surface area contributed by atoms with Crippen molar-refractivity contribution in [2.24, 2.45) is 0 Å². The molecule has 0 bridgehead atoms. The number of H-pyrrole nitrogens is 1. The highest BCUT2D eigenvalue weighted by molar-refractivity contribution is 7.99. The van der Waals surface area contributed by atoms with Gasteiger partial charge in [-0.1, -0.05) is 47.6 Å². The highest BCUT2D eigenvalue weighted by atomic mass is 35.5. The van der Waals surface area contributed by atoms with E-state index in [0.717, 1.165) is 26.4 Å². The molecule has 0 aliphatic heterocycles. The zero-order chi connectivity index (χ0) is 13.9. The van der Waals surface area contributed by atoms with Crippen LogP contribution in [0.15, 0.2) is 46.9 Å². The van der Waals surface area contributed by atoms with Crippen molar-refractivity contribution in [2.75, 3.05) is 0 Å². The molecule has 0 saturated heterocycles. The van der Waals surface area contributed by atoms with E-state index in [1.54, 1.807) is 23.1 Å². The third-order valence-electron chi connectivity index (χ3n) is 2.84. The Morgan fingerprint density at radius 1 is 1.25 bits per heavy atom. The van der Waals surface area contributed by atoms with Gasteiger partial charge < -0.3 is 0 Å². The number of nitrogens with one attached hydrogen (secondary N) is 1. The Labute approximate surface area is 130 Å². The highest BCUT2D eigenvalue weighted by Crippen LogP contribution is 2.36. The van der Waals surface area contributed by atoms with E-state index >= 15 is 0 Å². The van der Waals surface area contributed by atoms with E-state index < -0.39 is 0 Å². The maximum Gasteiger partial charge on any atom is 0.209 e. The Kier molecular flexibility index (Phi) is 4.10. The van der Waals surface area contributed by atoms with Crippen LogP contribution in [0.2, 0.25) is 5.02 Å². The molecule has 1 aromatic carbocycles. The third kappa shape index (κ3) is 2.90. The number of hydrogen-bond acceptors (Lipinski definition) is 4. The molecule has 0 spiro atoms. The van der Waals surface area contributed by atoms with E-state index in [1.165, 1.54) is 0 Å². The minimum atomic E-state index is 0.204. The first kappa shape index (κ1) is 13.7. The molecule has 0 amide bonds. The maximum absolute atomic E-state index is 6.21. The number of hydrogen-bond donors (Lipinski definition) is 1. The van der Waals surface area contributed by atoms with Crippen molar-refractivity contribution in [3.05, 3.63) is 52.4 Å². The predicted octanol–water partition coefficient (Wildman–Crippen LogP) is 5.04. The van der Waals surface area contributed by atoms with Crippen LogP contribution < -0.4 is 0 Å². The van der Waals surface area contributed by atoms with E-state index in [4.69, 9.17) is 11.6 Å². The fourth-order valence-corrected chi connectivity index (χ4v) is 3.77. The van der Waals surface area contributed by atoms with E-state index in [-0.39, 0.29) is 5.25 Å². The van der Waals surface area contributed by atoms with Crippen LogP contribution in [0.1, 0.15) is 17.7 Å². The normalized spacial score (nSPS) is 12.5. The van der Waals surface area contributed by atoms with Gasteiger partial charge in [-0.05, 0) is 30.0 Å². The first-order valence-electron chi connectivity index (χ1n) is 6.11. The van der Waals surface area contributed by atoms with Gasteiger partial charge in [0.05, 0.1) is 4.88 Å². The number of nitrogens with zero attached hydrogens (tertiary/aromatic N) is 2. The molecule has 2 heterocycles. The molecule has 0 aliphatic rings. The summed E-state index contributed by atoms with van der Waals surface area (Å²) < 4.78 is 0. The summed E-state index contributed by atoms with van der Waals surface area (Å²) in [6.07, 6.45) is 0. The highest BCUT2D eigenvalue weighted by Gasteiger charge is 2.14. The molecule has 0 radical (unpaired) electrons. The number of aromatic nitrogens is 3. The number of aromatic amines is 1. The minimum absolute atomic E-state index is 0.204. The van der Waals surface area contributed by atoms with Crippen molar-refractivity contribution in [2.45, 2.75) is 17.3 Å². The van der Waals surface area contributed by atoms with Gasteiger partial charge in [0.2, 0.25) is 5.16 Å². The molecule has 1 unspecified atom stereocenters. The molecular formula is C14H12ClN3S2. The molecule has 102 valence electrons. The summed E-state index contributed by atoms with van der Waals surface area (Å²) >= 11 is 9.45. The summed E-state index contributed by atoms with van der Waals surface area (Å²) in [6.45, 7) is 2.10. The molecule has 0 saturated carbocycles. The largest absolute Gasteiger partial charge is 0.257 e. The smallest absolute Gasteiger partial charge is 0.209 e. The van der Waals surface area contributed by atoms with Gasteiger partial charge in [0.25, 0.3) is 0 Å². The molecular weight excluding hydrogens is 310 g/mol. The van der Waals surface area contributed by atoms with Gasteiger partial charge in [-0.2, -0.15) is 0 Å². The average Bonchev–Trinajstić information content (AvgIpc) is 3.09. The minimum Gasteiger partial charge on any atom is -0.257 e. The Morgan fingerprint density at radius 3 is 2.85 bits per heavy atom. The molecule has 20 heavy (non-hydrogen) atoms. The van der Waals surface area contributed by atoms with Crippen molar-refractivity contribution in [1.29, 1.82) is 0 Å². The van der Waals surface area contributed by atoms with Crippen LogP contribution in [-0.4, -0.2) is 15.2 Å². The van der Waals surface area contributed by atoms with Crippen LogP contribution in [0.4, 0.5) is 0 Å². The first-order chi connectivity index (χ1) is 9.74. The molecule has 3 aromatic rings. The predicted molar refractivity (Wildman–Crippen MR) is 85.4 cm³/mol. The number of thioether (sulfide) groups is 1. The zero-order valence-corrected chi connectivity index (χ0v) is 13.1. The fourth-order valence-electron chi connectivity index (χ4n) is 1.85. The lowest BCUT2D eigenvalue weighted by atomic mass is 10.2. The van der Waals surface area contributed by atoms with Gasteiger partial charge in [-0.15, -0.1) is 16.4 Å². The fraction of sp³-hybridized carbons (Fsp3) is 0.143. The second-order valence-electron chi connectivity index (χ2n) is 4.23. The summed E-state index contributed by atoms with van der Waals surface area (Å²) in [6, 6.07) is 11.9. The van der Waals surface area contributed by atoms with Crippen LogP contribution >= 0.6 is 34.7 Å². The second-order valence-corrected chi connectivity index (χ2v) is 6.89. The second kappa shape index (κ2) is 5.99. The Hall–Kier alpha value is -1.30. The number of halogens is 1. The van der Waals surface area contributed by atoms with Gasteiger partial charge in [0.1, 0.15) is 0 Å². The molecule has 6 heteroatoms. The van der Waals surface area contributed by atoms with Crippen LogP contribution in [-0.2, 0) is 0 Å². The van der Waals surface area contributed by atoms with Crippen LogP contribution in [0, 0.1) is 0 Å². The van der Waals surface area contributed by atoms with Gasteiger partial charge >= 0.3 is 0 Å².